The number of carbonyl (C=O) groups excluding carboxylic acids is 1. The van der Waals surface area contributed by atoms with Gasteiger partial charge < -0.3 is 19.7 Å². The molecule has 0 bridgehead atoms. The third kappa shape index (κ3) is 8.38. The number of piperazine rings is 1. The van der Waals surface area contributed by atoms with Gasteiger partial charge in [0.05, 0.1) is 34.6 Å². The zero-order valence-electron chi connectivity index (χ0n) is 32.6. The van der Waals surface area contributed by atoms with Crippen molar-refractivity contribution in [1.82, 2.24) is 29.7 Å². The molecule has 1 aliphatic heterocycles. The number of pyridine rings is 2. The van der Waals surface area contributed by atoms with Crippen molar-refractivity contribution in [2.24, 2.45) is 10.8 Å². The molecule has 1 saturated heterocycles. The van der Waals surface area contributed by atoms with Crippen LogP contribution in [0.15, 0.2) is 89.0 Å². The minimum Gasteiger partial charge on any atom is -0.494 e. The van der Waals surface area contributed by atoms with E-state index >= 15 is 0 Å². The largest absolute Gasteiger partial charge is 0.494 e. The number of H-pyrrole nitrogens is 1. The number of halogens is 1. The highest BCUT2D eigenvalue weighted by Gasteiger charge is 2.64. The molecule has 7 rings (SSSR count). The summed E-state index contributed by atoms with van der Waals surface area (Å²) in [7, 11) is 0. The molecule has 4 heterocycles. The highest BCUT2D eigenvalue weighted by atomic mass is 35.5. The zero-order valence-corrected chi connectivity index (χ0v) is 33.4. The standard InChI is InChI=1S/C43H47ClN8O5/c1-42(2)39(43(3,4)40(42)57-32-10-8-28(24-45)34(44)23-32)49-38(54)29-9-13-36(47-26-29)51-19-17-50(18-20-51)15-6-5-7-21-56-31-11-12-33-30(22-31)25-46-27-35(33)52-16-14-37(53)48-41(52)55/h8-14,16,22-23,25-27,39-40H,5-7,15,17-21H2,1-4H3,(H,49,54)(H,48,53,55). The number of aromatic nitrogens is 4. The lowest BCUT2D eigenvalue weighted by Gasteiger charge is -2.63. The van der Waals surface area contributed by atoms with E-state index < -0.39 is 11.2 Å². The van der Waals surface area contributed by atoms with Crippen LogP contribution in [0, 0.1) is 22.2 Å². The van der Waals surface area contributed by atoms with Crippen LogP contribution < -0.4 is 30.9 Å². The van der Waals surface area contributed by atoms with Crippen LogP contribution in [0.4, 0.5) is 5.82 Å². The number of nitriles is 1. The van der Waals surface area contributed by atoms with Crippen LogP contribution in [0.2, 0.25) is 5.02 Å². The number of rotatable bonds is 13. The van der Waals surface area contributed by atoms with E-state index in [1.165, 1.54) is 16.8 Å². The second-order valence-corrected chi connectivity index (χ2v) is 16.4. The summed E-state index contributed by atoms with van der Waals surface area (Å²) in [5.41, 5.74) is -0.175. The zero-order chi connectivity index (χ0) is 40.3. The summed E-state index contributed by atoms with van der Waals surface area (Å²) < 4.78 is 13.8. The first-order valence-corrected chi connectivity index (χ1v) is 19.7. The predicted octanol–water partition coefficient (Wildman–Crippen LogP) is 5.98. The van der Waals surface area contributed by atoms with Gasteiger partial charge >= 0.3 is 5.69 Å². The molecule has 1 aliphatic carbocycles. The molecule has 5 aromatic rings. The molecule has 14 heteroatoms. The van der Waals surface area contributed by atoms with Crippen molar-refractivity contribution in [2.45, 2.75) is 59.1 Å². The average molecular weight is 791 g/mol. The van der Waals surface area contributed by atoms with E-state index in [4.69, 9.17) is 21.1 Å². The van der Waals surface area contributed by atoms with Gasteiger partial charge in [-0.3, -0.25) is 29.0 Å². The van der Waals surface area contributed by atoms with Crippen molar-refractivity contribution in [3.63, 3.8) is 0 Å². The summed E-state index contributed by atoms with van der Waals surface area (Å²) in [6.45, 7) is 13.6. The van der Waals surface area contributed by atoms with Gasteiger partial charge in [0.1, 0.15) is 29.5 Å². The van der Waals surface area contributed by atoms with Gasteiger partial charge in [-0.25, -0.2) is 9.78 Å². The second-order valence-electron chi connectivity index (χ2n) is 16.0. The first-order chi connectivity index (χ1) is 27.3. The fourth-order valence-corrected chi connectivity index (χ4v) is 8.76. The molecule has 0 radical (unpaired) electrons. The molecule has 2 N–H and O–H groups in total. The van der Waals surface area contributed by atoms with Gasteiger partial charge in [0.15, 0.2) is 0 Å². The van der Waals surface area contributed by atoms with E-state index in [0.717, 1.165) is 74.3 Å². The van der Waals surface area contributed by atoms with Gasteiger partial charge in [-0.2, -0.15) is 5.26 Å². The lowest BCUT2D eigenvalue weighted by Crippen LogP contribution is -2.74. The number of unbranched alkanes of at least 4 members (excludes halogenated alkanes) is 2. The average Bonchev–Trinajstić information content (AvgIpc) is 3.20. The topological polar surface area (TPSA) is 158 Å². The Morgan fingerprint density at radius 2 is 1.72 bits per heavy atom. The van der Waals surface area contributed by atoms with Gasteiger partial charge in [0.25, 0.3) is 11.5 Å². The summed E-state index contributed by atoms with van der Waals surface area (Å²) in [5, 5.41) is 14.5. The molecule has 3 aromatic heterocycles. The number of hydrogen-bond acceptors (Lipinski definition) is 10. The first-order valence-electron chi connectivity index (χ1n) is 19.3. The monoisotopic (exact) mass is 790 g/mol. The predicted molar refractivity (Wildman–Crippen MR) is 220 cm³/mol. The number of carbonyl (C=O) groups is 1. The van der Waals surface area contributed by atoms with Crippen molar-refractivity contribution < 1.29 is 14.3 Å². The van der Waals surface area contributed by atoms with Crippen LogP contribution >= 0.6 is 11.6 Å². The Kier molecular flexibility index (Phi) is 11.4. The van der Waals surface area contributed by atoms with Crippen LogP contribution in [-0.2, 0) is 0 Å². The van der Waals surface area contributed by atoms with Crippen LogP contribution in [0.1, 0.15) is 62.9 Å². The molecule has 0 spiro atoms. The molecular weight excluding hydrogens is 744 g/mol. The number of ether oxygens (including phenoxy) is 2. The molecule has 0 unspecified atom stereocenters. The fourth-order valence-electron chi connectivity index (χ4n) is 8.55. The molecule has 1 amide bonds. The van der Waals surface area contributed by atoms with E-state index in [0.29, 0.717) is 34.2 Å². The van der Waals surface area contributed by atoms with Gasteiger partial charge in [0.2, 0.25) is 0 Å². The van der Waals surface area contributed by atoms with Gasteiger partial charge in [-0.05, 0) is 68.3 Å². The Labute approximate surface area is 336 Å². The molecule has 2 aliphatic rings. The third-order valence-electron chi connectivity index (χ3n) is 11.3. The first kappa shape index (κ1) is 39.5. The normalized spacial score (nSPS) is 18.7. The number of hydrogen-bond donors (Lipinski definition) is 2. The van der Waals surface area contributed by atoms with Crippen molar-refractivity contribution >= 4 is 34.1 Å². The minimum atomic E-state index is -0.515. The molecule has 0 atom stereocenters. The Bertz CT molecular complexity index is 2400. The summed E-state index contributed by atoms with van der Waals surface area (Å²) in [5.74, 6) is 2.04. The molecule has 57 heavy (non-hydrogen) atoms. The Balaban J connectivity index is 0.820. The Morgan fingerprint density at radius 1 is 0.947 bits per heavy atom. The smallest absolute Gasteiger partial charge is 0.332 e. The van der Waals surface area contributed by atoms with Crippen molar-refractivity contribution in [3.8, 4) is 23.3 Å². The van der Waals surface area contributed by atoms with E-state index in [1.807, 2.05) is 30.3 Å². The van der Waals surface area contributed by atoms with Crippen LogP contribution in [0.25, 0.3) is 16.5 Å². The SMILES string of the molecule is CC1(C)C(NC(=O)c2ccc(N3CCN(CCCCCOc4ccc5c(-n6ccc(=O)[nH]c6=O)cncc5c4)CC3)nc2)C(C)(C)C1Oc1ccc(C#N)c(Cl)c1. The summed E-state index contributed by atoms with van der Waals surface area (Å²) in [6.07, 6.45) is 9.32. The van der Waals surface area contributed by atoms with Gasteiger partial charge in [-0.1, -0.05) is 39.3 Å². The molecular formula is C43H47ClN8O5. The number of amides is 1. The molecule has 296 valence electrons. The number of fused-ring (bicyclic) bond motifs is 1. The molecule has 2 aromatic carbocycles. The maximum absolute atomic E-state index is 13.4. The van der Waals surface area contributed by atoms with E-state index in [9.17, 15) is 19.6 Å². The Hall–Kier alpha value is -5.71. The van der Waals surface area contributed by atoms with Crippen LogP contribution in [-0.4, -0.2) is 81.8 Å². The molecule has 1 saturated carbocycles. The number of nitrogens with one attached hydrogen (secondary N) is 2. The van der Waals surface area contributed by atoms with E-state index in [2.05, 4.69) is 63.8 Å². The highest BCUT2D eigenvalue weighted by molar-refractivity contribution is 6.31. The van der Waals surface area contributed by atoms with E-state index in [1.54, 1.807) is 36.8 Å². The summed E-state index contributed by atoms with van der Waals surface area (Å²) in [4.78, 5) is 53.2. The number of aromatic amines is 1. The van der Waals surface area contributed by atoms with Crippen LogP contribution in [0.5, 0.6) is 11.5 Å². The van der Waals surface area contributed by atoms with Crippen molar-refractivity contribution in [2.75, 3.05) is 44.2 Å². The van der Waals surface area contributed by atoms with E-state index in [-0.39, 0.29) is 28.9 Å². The number of benzene rings is 2. The quantitative estimate of drug-likeness (QED) is 0.136. The van der Waals surface area contributed by atoms with Gasteiger partial charge in [-0.15, -0.1) is 0 Å². The maximum atomic E-state index is 13.4. The van der Waals surface area contributed by atoms with Crippen LogP contribution in [0.3, 0.4) is 0 Å². The number of nitrogens with zero attached hydrogens (tertiary/aromatic N) is 6. The maximum Gasteiger partial charge on any atom is 0.332 e. The number of anilines is 1. The fraction of sp³-hybridized carbons (Fsp3) is 0.395. The van der Waals surface area contributed by atoms with Crippen molar-refractivity contribution in [3.05, 3.63) is 116 Å². The van der Waals surface area contributed by atoms with Crippen molar-refractivity contribution in [1.29, 1.82) is 5.26 Å². The minimum absolute atomic E-state index is 0.139. The second kappa shape index (κ2) is 16.4. The summed E-state index contributed by atoms with van der Waals surface area (Å²) in [6, 6.07) is 17.8. The summed E-state index contributed by atoms with van der Waals surface area (Å²) >= 11 is 6.24. The lowest BCUT2D eigenvalue weighted by molar-refractivity contribution is -0.164. The lowest BCUT2D eigenvalue weighted by atomic mass is 9.49. The third-order valence-corrected chi connectivity index (χ3v) is 11.6. The molecule has 13 nitrogen and oxygen atoms in total. The Morgan fingerprint density at radius 3 is 2.42 bits per heavy atom. The molecule has 2 fully saturated rings. The highest BCUT2D eigenvalue weighted by Crippen LogP contribution is 2.55. The van der Waals surface area contributed by atoms with Gasteiger partial charge in [0, 0.05) is 84.5 Å².